The highest BCUT2D eigenvalue weighted by Crippen LogP contribution is 2.37. The van der Waals surface area contributed by atoms with Crippen LogP contribution in [0, 0.1) is 0 Å². The van der Waals surface area contributed by atoms with E-state index < -0.39 is 5.97 Å². The molecule has 2 aliphatic rings. The lowest BCUT2D eigenvalue weighted by molar-refractivity contribution is 0.0335. The number of anilines is 1. The van der Waals surface area contributed by atoms with Crippen molar-refractivity contribution in [3.05, 3.63) is 39.7 Å². The second kappa shape index (κ2) is 10.4. The molecule has 0 atom stereocenters. The van der Waals surface area contributed by atoms with Crippen LogP contribution in [0.15, 0.2) is 24.3 Å². The topological polar surface area (TPSA) is 83.9 Å². The highest BCUT2D eigenvalue weighted by molar-refractivity contribution is 7.14. The van der Waals surface area contributed by atoms with Crippen LogP contribution >= 0.6 is 11.3 Å². The zero-order valence-electron chi connectivity index (χ0n) is 19.8. The van der Waals surface area contributed by atoms with Gasteiger partial charge in [-0.25, -0.2) is 9.78 Å². The molecule has 180 valence electrons. The van der Waals surface area contributed by atoms with Gasteiger partial charge in [0.2, 0.25) is 5.88 Å². The van der Waals surface area contributed by atoms with Crippen molar-refractivity contribution in [3.8, 4) is 5.88 Å². The molecule has 33 heavy (non-hydrogen) atoms. The van der Waals surface area contributed by atoms with E-state index in [1.807, 2.05) is 18.2 Å². The summed E-state index contributed by atoms with van der Waals surface area (Å²) in [7, 11) is 0. The Labute approximate surface area is 200 Å². The molecule has 0 radical (unpaired) electrons. The van der Waals surface area contributed by atoms with Gasteiger partial charge in [0.15, 0.2) is 0 Å². The molecular weight excluding hydrogens is 438 g/mol. The van der Waals surface area contributed by atoms with Gasteiger partial charge in [0, 0.05) is 36.6 Å². The molecule has 2 N–H and O–H groups in total. The Bertz CT molecular complexity index is 941. The van der Waals surface area contributed by atoms with E-state index in [2.05, 4.69) is 37.1 Å². The molecule has 0 unspecified atom stereocenters. The Morgan fingerprint density at radius 2 is 1.97 bits per heavy atom. The molecular formula is C25H35N3O4S. The first-order valence-corrected chi connectivity index (χ1v) is 12.7. The van der Waals surface area contributed by atoms with Crippen molar-refractivity contribution < 1.29 is 19.4 Å². The molecule has 1 aliphatic heterocycles. The van der Waals surface area contributed by atoms with Gasteiger partial charge in [0.1, 0.15) is 11.0 Å². The fourth-order valence-corrected chi connectivity index (χ4v) is 5.36. The van der Waals surface area contributed by atoms with E-state index in [1.54, 1.807) is 0 Å². The Morgan fingerprint density at radius 3 is 2.64 bits per heavy atom. The fraction of sp³-hybridized carbons (Fsp3) is 0.600. The van der Waals surface area contributed by atoms with Crippen LogP contribution in [-0.4, -0.2) is 59.4 Å². The number of carboxylic acid groups (broad SMARTS) is 1. The van der Waals surface area contributed by atoms with Gasteiger partial charge < -0.3 is 19.9 Å². The minimum Gasteiger partial charge on any atom is -0.477 e. The molecule has 0 aromatic carbocycles. The maximum absolute atomic E-state index is 11.7. The average Bonchev–Trinajstić information content (AvgIpc) is 3.21. The largest absolute Gasteiger partial charge is 0.477 e. The van der Waals surface area contributed by atoms with E-state index in [0.29, 0.717) is 10.8 Å². The lowest BCUT2D eigenvalue weighted by atomic mass is 9.92. The van der Waals surface area contributed by atoms with Gasteiger partial charge in [0.05, 0.1) is 24.6 Å². The number of aromatic carboxylic acids is 1. The molecule has 8 heteroatoms. The van der Waals surface area contributed by atoms with E-state index in [1.165, 1.54) is 11.3 Å². The van der Waals surface area contributed by atoms with Crippen LogP contribution in [0.4, 0.5) is 5.69 Å². The molecule has 0 spiro atoms. The van der Waals surface area contributed by atoms with Crippen molar-refractivity contribution in [3.63, 3.8) is 0 Å². The van der Waals surface area contributed by atoms with E-state index in [9.17, 15) is 9.90 Å². The first kappa shape index (κ1) is 24.0. The van der Waals surface area contributed by atoms with Crippen molar-refractivity contribution in [2.24, 2.45) is 0 Å². The highest BCUT2D eigenvalue weighted by Gasteiger charge is 2.27. The first-order chi connectivity index (χ1) is 15.8. The molecule has 2 fully saturated rings. The number of ether oxygens (including phenoxy) is 2. The summed E-state index contributed by atoms with van der Waals surface area (Å²) in [5, 5.41) is 13.1. The summed E-state index contributed by atoms with van der Waals surface area (Å²) in [6.07, 6.45) is 3.87. The standard InChI is InChI=1S/C25H35N3O4S/c1-25(2,3)21-15-20(23(33-21)24(29)30)26-17-7-9-19(10-8-17)32-22-6-4-5-18(27-22)16-28-11-13-31-14-12-28/h4-6,15,17,19,26H,7-14,16H2,1-3H3,(H,29,30)/t17-,19-. The number of pyridine rings is 1. The highest BCUT2D eigenvalue weighted by atomic mass is 32.1. The Kier molecular flexibility index (Phi) is 7.56. The van der Waals surface area contributed by atoms with Crippen LogP contribution in [0.3, 0.4) is 0 Å². The number of carboxylic acids is 1. The molecule has 4 rings (SSSR count). The lowest BCUT2D eigenvalue weighted by Gasteiger charge is -2.30. The third-order valence-electron chi connectivity index (χ3n) is 6.26. The van der Waals surface area contributed by atoms with Crippen LogP contribution in [0.25, 0.3) is 0 Å². The van der Waals surface area contributed by atoms with Crippen molar-refractivity contribution in [2.75, 3.05) is 31.6 Å². The number of nitrogens with zero attached hydrogens (tertiary/aromatic N) is 2. The number of thiophene rings is 1. The Hall–Kier alpha value is -2.16. The van der Waals surface area contributed by atoms with Crippen molar-refractivity contribution >= 4 is 23.0 Å². The quantitative estimate of drug-likeness (QED) is 0.599. The molecule has 2 aromatic heterocycles. The van der Waals surface area contributed by atoms with Crippen LogP contribution in [-0.2, 0) is 16.7 Å². The number of hydrogen-bond donors (Lipinski definition) is 2. The number of nitrogens with one attached hydrogen (secondary N) is 1. The van der Waals surface area contributed by atoms with Gasteiger partial charge in [-0.15, -0.1) is 11.3 Å². The normalized spacial score (nSPS) is 22.2. The third kappa shape index (κ3) is 6.46. The zero-order chi connectivity index (χ0) is 23.4. The number of rotatable bonds is 7. The molecule has 0 amide bonds. The van der Waals surface area contributed by atoms with Gasteiger partial charge in [-0.05, 0) is 43.2 Å². The van der Waals surface area contributed by atoms with Crippen LogP contribution in [0.5, 0.6) is 5.88 Å². The van der Waals surface area contributed by atoms with E-state index in [4.69, 9.17) is 14.5 Å². The van der Waals surface area contributed by atoms with Gasteiger partial charge in [0.25, 0.3) is 0 Å². The van der Waals surface area contributed by atoms with Crippen molar-refractivity contribution in [1.29, 1.82) is 0 Å². The molecule has 1 saturated heterocycles. The molecule has 7 nitrogen and oxygen atoms in total. The minimum atomic E-state index is -0.863. The second-order valence-electron chi connectivity index (χ2n) is 10.0. The van der Waals surface area contributed by atoms with E-state index in [0.717, 1.165) is 74.8 Å². The summed E-state index contributed by atoms with van der Waals surface area (Å²) in [5.74, 6) is -0.170. The summed E-state index contributed by atoms with van der Waals surface area (Å²) in [4.78, 5) is 20.3. The third-order valence-corrected chi connectivity index (χ3v) is 7.81. The monoisotopic (exact) mass is 473 g/mol. The molecule has 0 bridgehead atoms. The van der Waals surface area contributed by atoms with Crippen molar-refractivity contribution in [2.45, 2.75) is 70.6 Å². The summed E-state index contributed by atoms with van der Waals surface area (Å²) in [5.41, 5.74) is 1.71. The summed E-state index contributed by atoms with van der Waals surface area (Å²) in [6, 6.07) is 8.27. The SMILES string of the molecule is CC(C)(C)c1cc(N[C@H]2CC[C@H](Oc3cccc(CN4CCOCC4)n3)CC2)c(C(=O)O)s1. The van der Waals surface area contributed by atoms with Crippen LogP contribution < -0.4 is 10.1 Å². The van der Waals surface area contributed by atoms with Gasteiger partial charge in [-0.3, -0.25) is 4.90 Å². The van der Waals surface area contributed by atoms with E-state index in [-0.39, 0.29) is 17.6 Å². The van der Waals surface area contributed by atoms with Crippen LogP contribution in [0.2, 0.25) is 0 Å². The van der Waals surface area contributed by atoms with Gasteiger partial charge in [-0.2, -0.15) is 0 Å². The fourth-order valence-electron chi connectivity index (χ4n) is 4.34. The summed E-state index contributed by atoms with van der Waals surface area (Å²) >= 11 is 1.37. The smallest absolute Gasteiger partial charge is 0.348 e. The van der Waals surface area contributed by atoms with Gasteiger partial charge in [-0.1, -0.05) is 26.8 Å². The minimum absolute atomic E-state index is 0.0659. The first-order valence-electron chi connectivity index (χ1n) is 11.8. The molecule has 3 heterocycles. The number of aromatic nitrogens is 1. The molecule has 1 saturated carbocycles. The maximum atomic E-state index is 11.7. The summed E-state index contributed by atoms with van der Waals surface area (Å²) in [6.45, 7) is 10.6. The molecule has 1 aliphatic carbocycles. The number of hydrogen-bond acceptors (Lipinski definition) is 7. The maximum Gasteiger partial charge on any atom is 0.348 e. The van der Waals surface area contributed by atoms with Gasteiger partial charge >= 0.3 is 5.97 Å². The lowest BCUT2D eigenvalue weighted by Crippen LogP contribution is -2.36. The summed E-state index contributed by atoms with van der Waals surface area (Å²) < 4.78 is 11.6. The predicted molar refractivity (Wildman–Crippen MR) is 131 cm³/mol. The predicted octanol–water partition coefficient (Wildman–Crippen LogP) is 4.77. The van der Waals surface area contributed by atoms with Crippen LogP contribution in [0.1, 0.15) is 66.7 Å². The van der Waals surface area contributed by atoms with Crippen molar-refractivity contribution in [1.82, 2.24) is 9.88 Å². The second-order valence-corrected chi connectivity index (χ2v) is 11.1. The Morgan fingerprint density at radius 1 is 1.24 bits per heavy atom. The zero-order valence-corrected chi connectivity index (χ0v) is 20.6. The average molecular weight is 474 g/mol. The number of carbonyl (C=O) groups is 1. The van der Waals surface area contributed by atoms with E-state index >= 15 is 0 Å². The Balaban J connectivity index is 1.30. The number of morpholine rings is 1. The molecule has 2 aromatic rings.